The van der Waals surface area contributed by atoms with E-state index in [2.05, 4.69) is 5.32 Å². The molecule has 1 aliphatic rings. The van der Waals surface area contributed by atoms with Crippen molar-refractivity contribution in [3.63, 3.8) is 0 Å². The molecule has 0 radical (unpaired) electrons. The van der Waals surface area contributed by atoms with Gasteiger partial charge in [0.15, 0.2) is 5.78 Å². The third-order valence-corrected chi connectivity index (χ3v) is 3.23. The first-order chi connectivity index (χ1) is 7.59. The minimum Gasteiger partial charge on any atom is -0.349 e. The van der Waals surface area contributed by atoms with Crippen LogP contribution in [0.3, 0.4) is 0 Å². The Kier molecular flexibility index (Phi) is 5.50. The molecule has 0 aliphatic heterocycles. The molecule has 0 saturated heterocycles. The first kappa shape index (κ1) is 13.2. The van der Waals surface area contributed by atoms with Crippen molar-refractivity contribution in [3.8, 4) is 0 Å². The van der Waals surface area contributed by atoms with Crippen molar-refractivity contribution in [2.24, 2.45) is 11.8 Å². The van der Waals surface area contributed by atoms with Gasteiger partial charge in [0, 0.05) is 12.3 Å². The Hall–Kier alpha value is -0.860. The van der Waals surface area contributed by atoms with Gasteiger partial charge in [-0.1, -0.05) is 46.0 Å². The Balaban J connectivity index is 2.17. The SMILES string of the molecule is CC(C)C(=O)NCC(=O)CC1CCCCC1. The predicted octanol–water partition coefficient (Wildman–Crippen LogP) is 2.30. The van der Waals surface area contributed by atoms with Crippen LogP contribution in [0.2, 0.25) is 0 Å². The van der Waals surface area contributed by atoms with Crippen molar-refractivity contribution >= 4 is 11.7 Å². The maximum atomic E-state index is 11.6. The summed E-state index contributed by atoms with van der Waals surface area (Å²) in [6.45, 7) is 3.88. The van der Waals surface area contributed by atoms with E-state index in [1.807, 2.05) is 13.8 Å². The lowest BCUT2D eigenvalue weighted by molar-refractivity contribution is -0.127. The fourth-order valence-corrected chi connectivity index (χ4v) is 2.18. The molecule has 0 aromatic rings. The lowest BCUT2D eigenvalue weighted by Gasteiger charge is -2.20. The second-order valence-electron chi connectivity index (χ2n) is 5.12. The van der Waals surface area contributed by atoms with E-state index in [9.17, 15) is 9.59 Å². The highest BCUT2D eigenvalue weighted by Gasteiger charge is 2.17. The normalized spacial score (nSPS) is 17.4. The zero-order chi connectivity index (χ0) is 12.0. The topological polar surface area (TPSA) is 46.2 Å². The summed E-state index contributed by atoms with van der Waals surface area (Å²) in [6, 6.07) is 0. The van der Waals surface area contributed by atoms with Crippen LogP contribution in [0.25, 0.3) is 0 Å². The Morgan fingerprint density at radius 3 is 2.38 bits per heavy atom. The van der Waals surface area contributed by atoms with E-state index < -0.39 is 0 Å². The number of hydrogen-bond acceptors (Lipinski definition) is 2. The summed E-state index contributed by atoms with van der Waals surface area (Å²) in [4.78, 5) is 22.9. The smallest absolute Gasteiger partial charge is 0.222 e. The molecule has 0 heterocycles. The number of hydrogen-bond donors (Lipinski definition) is 1. The van der Waals surface area contributed by atoms with Gasteiger partial charge in [-0.2, -0.15) is 0 Å². The summed E-state index contributed by atoms with van der Waals surface area (Å²) in [7, 11) is 0. The first-order valence-corrected chi connectivity index (χ1v) is 6.39. The number of amides is 1. The molecule has 1 amide bonds. The highest BCUT2D eigenvalue weighted by molar-refractivity contribution is 5.86. The highest BCUT2D eigenvalue weighted by Crippen LogP contribution is 2.26. The fourth-order valence-electron chi connectivity index (χ4n) is 2.18. The van der Waals surface area contributed by atoms with Crippen LogP contribution in [0, 0.1) is 11.8 Å². The van der Waals surface area contributed by atoms with Crippen LogP contribution in [-0.4, -0.2) is 18.2 Å². The Bertz CT molecular complexity index is 242. The van der Waals surface area contributed by atoms with E-state index in [0.717, 1.165) is 0 Å². The molecule has 3 heteroatoms. The molecule has 3 nitrogen and oxygen atoms in total. The number of rotatable bonds is 5. The molecule has 1 N–H and O–H groups in total. The Morgan fingerprint density at radius 1 is 1.19 bits per heavy atom. The number of carbonyl (C=O) groups is 2. The second-order valence-corrected chi connectivity index (χ2v) is 5.12. The molecule has 0 atom stereocenters. The third-order valence-electron chi connectivity index (χ3n) is 3.23. The number of Topliss-reactive ketones (excluding diaryl/α,β-unsaturated/α-hetero) is 1. The zero-order valence-corrected chi connectivity index (χ0v) is 10.4. The lowest BCUT2D eigenvalue weighted by atomic mass is 9.86. The summed E-state index contributed by atoms with van der Waals surface area (Å²) in [5.74, 6) is 0.678. The van der Waals surface area contributed by atoms with E-state index in [0.29, 0.717) is 12.3 Å². The van der Waals surface area contributed by atoms with E-state index in [1.165, 1.54) is 32.1 Å². The van der Waals surface area contributed by atoms with Crippen molar-refractivity contribution in [1.82, 2.24) is 5.32 Å². The number of carbonyl (C=O) groups excluding carboxylic acids is 2. The van der Waals surface area contributed by atoms with Gasteiger partial charge in [0.2, 0.25) is 5.91 Å². The number of ketones is 1. The zero-order valence-electron chi connectivity index (χ0n) is 10.4. The third kappa shape index (κ3) is 4.77. The molecule has 1 fully saturated rings. The van der Waals surface area contributed by atoms with Gasteiger partial charge < -0.3 is 5.32 Å². The molecule has 1 rings (SSSR count). The monoisotopic (exact) mass is 225 g/mol. The van der Waals surface area contributed by atoms with E-state index in [4.69, 9.17) is 0 Å². The molecule has 16 heavy (non-hydrogen) atoms. The van der Waals surface area contributed by atoms with Gasteiger partial charge in [-0.05, 0) is 5.92 Å². The summed E-state index contributed by atoms with van der Waals surface area (Å²) < 4.78 is 0. The van der Waals surface area contributed by atoms with E-state index >= 15 is 0 Å². The van der Waals surface area contributed by atoms with Gasteiger partial charge in [-0.25, -0.2) is 0 Å². The minimum absolute atomic E-state index is 0.0306. The average molecular weight is 225 g/mol. The van der Waals surface area contributed by atoms with Gasteiger partial charge in [0.25, 0.3) is 0 Å². The van der Waals surface area contributed by atoms with Crippen LogP contribution in [0.1, 0.15) is 52.4 Å². The van der Waals surface area contributed by atoms with Crippen molar-refractivity contribution in [2.45, 2.75) is 52.4 Å². The number of nitrogens with one attached hydrogen (secondary N) is 1. The van der Waals surface area contributed by atoms with Crippen LogP contribution in [0.4, 0.5) is 0 Å². The van der Waals surface area contributed by atoms with E-state index in [1.54, 1.807) is 0 Å². The molecule has 92 valence electrons. The molecular weight excluding hydrogens is 202 g/mol. The van der Waals surface area contributed by atoms with Crippen molar-refractivity contribution < 1.29 is 9.59 Å². The highest BCUT2D eigenvalue weighted by atomic mass is 16.2. The predicted molar refractivity (Wildman–Crippen MR) is 64.0 cm³/mol. The molecule has 1 aliphatic carbocycles. The van der Waals surface area contributed by atoms with Crippen LogP contribution in [0.15, 0.2) is 0 Å². The van der Waals surface area contributed by atoms with Crippen LogP contribution in [-0.2, 0) is 9.59 Å². The van der Waals surface area contributed by atoms with Crippen molar-refractivity contribution in [1.29, 1.82) is 0 Å². The molecular formula is C13H23NO2. The van der Waals surface area contributed by atoms with Crippen molar-refractivity contribution in [3.05, 3.63) is 0 Å². The minimum atomic E-state index is -0.0394. The van der Waals surface area contributed by atoms with E-state index in [-0.39, 0.29) is 24.2 Å². The van der Waals surface area contributed by atoms with Gasteiger partial charge in [-0.3, -0.25) is 9.59 Å². The summed E-state index contributed by atoms with van der Waals surface area (Å²) >= 11 is 0. The van der Waals surface area contributed by atoms with Gasteiger partial charge in [0.1, 0.15) is 0 Å². The second kappa shape index (κ2) is 6.66. The van der Waals surface area contributed by atoms with Crippen LogP contribution < -0.4 is 5.32 Å². The van der Waals surface area contributed by atoms with Gasteiger partial charge in [0.05, 0.1) is 6.54 Å². The Labute approximate surface area is 98.0 Å². The first-order valence-electron chi connectivity index (χ1n) is 6.39. The maximum absolute atomic E-state index is 11.6. The van der Waals surface area contributed by atoms with Crippen molar-refractivity contribution in [2.75, 3.05) is 6.54 Å². The van der Waals surface area contributed by atoms with Crippen LogP contribution in [0.5, 0.6) is 0 Å². The summed E-state index contributed by atoms with van der Waals surface area (Å²) in [6.07, 6.45) is 6.85. The van der Waals surface area contributed by atoms with Gasteiger partial charge >= 0.3 is 0 Å². The summed E-state index contributed by atoms with van der Waals surface area (Å²) in [5, 5.41) is 2.68. The largest absolute Gasteiger partial charge is 0.349 e. The molecule has 0 spiro atoms. The maximum Gasteiger partial charge on any atom is 0.222 e. The van der Waals surface area contributed by atoms with Gasteiger partial charge in [-0.15, -0.1) is 0 Å². The quantitative estimate of drug-likeness (QED) is 0.780. The fraction of sp³-hybridized carbons (Fsp3) is 0.846. The Morgan fingerprint density at radius 2 is 1.81 bits per heavy atom. The molecule has 0 unspecified atom stereocenters. The standard InChI is InChI=1S/C13H23NO2/c1-10(2)13(16)14-9-12(15)8-11-6-4-3-5-7-11/h10-11H,3-9H2,1-2H3,(H,14,16). The summed E-state index contributed by atoms with van der Waals surface area (Å²) in [5.41, 5.74) is 0. The molecule has 0 aromatic heterocycles. The lowest BCUT2D eigenvalue weighted by Crippen LogP contribution is -2.33. The molecule has 0 bridgehead atoms. The average Bonchev–Trinajstić information content (AvgIpc) is 2.27. The molecule has 1 saturated carbocycles. The molecule has 0 aromatic carbocycles. The van der Waals surface area contributed by atoms with Crippen LogP contribution >= 0.6 is 0 Å².